The minimum atomic E-state index is -0.0493. The third-order valence-electron chi connectivity index (χ3n) is 4.23. The Hall–Kier alpha value is -3.22. The molecule has 2 rings (SSSR count). The highest BCUT2D eigenvalue weighted by Crippen LogP contribution is 2.28. The Kier molecular flexibility index (Phi) is 8.82. The second-order valence-electron chi connectivity index (χ2n) is 6.09. The molecule has 2 aromatic rings. The van der Waals surface area contributed by atoms with Gasteiger partial charge >= 0.3 is 0 Å². The van der Waals surface area contributed by atoms with Gasteiger partial charge in [-0.2, -0.15) is 5.10 Å². The first-order valence-corrected chi connectivity index (χ1v) is 9.71. The number of rotatable bonds is 11. The van der Waals surface area contributed by atoms with Crippen LogP contribution in [0.4, 0.5) is 5.69 Å². The molecule has 1 N–H and O–H groups in total. The summed E-state index contributed by atoms with van der Waals surface area (Å²) >= 11 is 0. The zero-order valence-electron chi connectivity index (χ0n) is 17.5. The summed E-state index contributed by atoms with van der Waals surface area (Å²) in [4.78, 5) is 13.9. The maximum Gasteiger partial charge on any atom is 0.260 e. The molecule has 0 saturated heterocycles. The maximum atomic E-state index is 12.2. The van der Waals surface area contributed by atoms with Crippen LogP contribution in [-0.2, 0) is 4.79 Å². The average molecular weight is 399 g/mol. The highest BCUT2D eigenvalue weighted by Gasteiger charge is 2.12. The second-order valence-corrected chi connectivity index (χ2v) is 6.09. The van der Waals surface area contributed by atoms with E-state index in [0.717, 1.165) is 17.0 Å². The summed E-state index contributed by atoms with van der Waals surface area (Å²) in [5.41, 5.74) is 4.66. The van der Waals surface area contributed by atoms with Gasteiger partial charge in [0.2, 0.25) is 0 Å². The number of methoxy groups -OCH3 is 1. The van der Waals surface area contributed by atoms with E-state index in [0.29, 0.717) is 31.2 Å². The van der Waals surface area contributed by atoms with Gasteiger partial charge in [-0.1, -0.05) is 0 Å². The van der Waals surface area contributed by atoms with Crippen LogP contribution in [-0.4, -0.2) is 50.4 Å². The zero-order valence-corrected chi connectivity index (χ0v) is 17.5. The highest BCUT2D eigenvalue weighted by atomic mass is 16.5. The van der Waals surface area contributed by atoms with Crippen molar-refractivity contribution < 1.29 is 19.0 Å². The number of likely N-dealkylation sites (N-methyl/N-ethyl adjacent to an activating group) is 1. The van der Waals surface area contributed by atoms with Crippen LogP contribution in [0.25, 0.3) is 0 Å². The number of ether oxygens (including phenoxy) is 3. The van der Waals surface area contributed by atoms with Crippen LogP contribution in [0, 0.1) is 0 Å². The van der Waals surface area contributed by atoms with E-state index in [-0.39, 0.29) is 12.5 Å². The lowest BCUT2D eigenvalue weighted by molar-refractivity contribution is -0.132. The van der Waals surface area contributed by atoms with Crippen molar-refractivity contribution in [2.75, 3.05) is 38.8 Å². The molecule has 0 aliphatic heterocycles. The predicted octanol–water partition coefficient (Wildman–Crippen LogP) is 3.79. The van der Waals surface area contributed by atoms with E-state index in [2.05, 4.69) is 10.5 Å². The Bertz CT molecular complexity index is 802. The summed E-state index contributed by atoms with van der Waals surface area (Å²) in [5, 5.41) is 4.24. The highest BCUT2D eigenvalue weighted by molar-refractivity contribution is 5.82. The normalized spacial score (nSPS) is 10.6. The minimum Gasteiger partial charge on any atom is -0.497 e. The van der Waals surface area contributed by atoms with E-state index in [1.54, 1.807) is 24.3 Å². The first-order chi connectivity index (χ1) is 14.1. The number of anilines is 1. The second kappa shape index (κ2) is 11.6. The van der Waals surface area contributed by atoms with Crippen molar-refractivity contribution in [1.82, 2.24) is 4.90 Å². The first kappa shape index (κ1) is 22.1. The quantitative estimate of drug-likeness (QED) is 0.460. The number of benzene rings is 2. The van der Waals surface area contributed by atoms with E-state index >= 15 is 0 Å². The van der Waals surface area contributed by atoms with E-state index in [4.69, 9.17) is 14.2 Å². The van der Waals surface area contributed by atoms with Crippen molar-refractivity contribution in [2.24, 2.45) is 5.10 Å². The summed E-state index contributed by atoms with van der Waals surface area (Å²) in [6, 6.07) is 13.0. The molecule has 0 aromatic heterocycles. The van der Waals surface area contributed by atoms with Crippen molar-refractivity contribution in [3.05, 3.63) is 48.0 Å². The summed E-state index contributed by atoms with van der Waals surface area (Å²) in [5.74, 6) is 1.85. The molecule has 2 aromatic carbocycles. The fraction of sp³-hybridized carbons (Fsp3) is 0.364. The monoisotopic (exact) mass is 399 g/mol. The zero-order chi connectivity index (χ0) is 21.1. The van der Waals surface area contributed by atoms with Gasteiger partial charge in [0.1, 0.15) is 5.75 Å². The van der Waals surface area contributed by atoms with E-state index in [9.17, 15) is 4.79 Å². The predicted molar refractivity (Wildman–Crippen MR) is 115 cm³/mol. The Balaban J connectivity index is 2.02. The van der Waals surface area contributed by atoms with Gasteiger partial charge in [-0.15, -0.1) is 0 Å². The van der Waals surface area contributed by atoms with Crippen LogP contribution >= 0.6 is 0 Å². The molecule has 0 heterocycles. The lowest BCUT2D eigenvalue weighted by atomic mass is 10.2. The Morgan fingerprint density at radius 2 is 1.76 bits per heavy atom. The van der Waals surface area contributed by atoms with E-state index in [1.165, 1.54) is 0 Å². The fourth-order valence-electron chi connectivity index (χ4n) is 2.65. The van der Waals surface area contributed by atoms with Gasteiger partial charge in [-0.3, -0.25) is 10.2 Å². The van der Waals surface area contributed by atoms with Gasteiger partial charge in [-0.05, 0) is 68.8 Å². The summed E-state index contributed by atoms with van der Waals surface area (Å²) < 4.78 is 16.5. The average Bonchev–Trinajstić information content (AvgIpc) is 2.75. The van der Waals surface area contributed by atoms with Gasteiger partial charge in [0.05, 0.1) is 25.6 Å². The molecule has 7 heteroatoms. The minimum absolute atomic E-state index is 0.0196. The Morgan fingerprint density at radius 3 is 2.38 bits per heavy atom. The van der Waals surface area contributed by atoms with Crippen molar-refractivity contribution in [2.45, 2.75) is 20.8 Å². The van der Waals surface area contributed by atoms with Crippen LogP contribution in [0.5, 0.6) is 17.2 Å². The van der Waals surface area contributed by atoms with Crippen molar-refractivity contribution in [3.63, 3.8) is 0 Å². The fourth-order valence-corrected chi connectivity index (χ4v) is 2.65. The van der Waals surface area contributed by atoms with Crippen molar-refractivity contribution >= 4 is 17.8 Å². The van der Waals surface area contributed by atoms with E-state index in [1.807, 2.05) is 57.2 Å². The molecule has 0 spiro atoms. The number of hydrazone groups is 1. The maximum absolute atomic E-state index is 12.2. The number of nitrogens with zero attached hydrogens (tertiary/aromatic N) is 2. The van der Waals surface area contributed by atoms with Crippen molar-refractivity contribution in [3.8, 4) is 17.2 Å². The van der Waals surface area contributed by atoms with Crippen LogP contribution < -0.4 is 19.6 Å². The third kappa shape index (κ3) is 6.71. The summed E-state index contributed by atoms with van der Waals surface area (Å²) in [6.07, 6.45) is 1.69. The summed E-state index contributed by atoms with van der Waals surface area (Å²) in [7, 11) is 1.63. The molecule has 0 atom stereocenters. The van der Waals surface area contributed by atoms with Crippen LogP contribution in [0.1, 0.15) is 26.3 Å². The number of hydrogen-bond acceptors (Lipinski definition) is 6. The van der Waals surface area contributed by atoms with Gasteiger partial charge in [0, 0.05) is 13.1 Å². The largest absolute Gasteiger partial charge is 0.497 e. The Labute approximate surface area is 172 Å². The number of hydrogen-bond donors (Lipinski definition) is 1. The molecule has 0 bridgehead atoms. The smallest absolute Gasteiger partial charge is 0.260 e. The molecule has 0 unspecified atom stereocenters. The molecule has 7 nitrogen and oxygen atoms in total. The van der Waals surface area contributed by atoms with Gasteiger partial charge in [-0.25, -0.2) is 0 Å². The molecule has 1 amide bonds. The topological polar surface area (TPSA) is 72.4 Å². The van der Waals surface area contributed by atoms with Gasteiger partial charge < -0.3 is 19.1 Å². The number of carbonyl (C=O) groups excluding carboxylic acids is 1. The molecule has 0 saturated carbocycles. The molecule has 0 radical (unpaired) electrons. The Morgan fingerprint density at radius 1 is 1.03 bits per heavy atom. The standard InChI is InChI=1S/C22H29N3O4/c1-5-25(6-2)22(26)16-29-20-13-8-17(14-21(20)28-7-3)15-23-24-18-9-11-19(27-4)12-10-18/h8-15,24H,5-7,16H2,1-4H3/b23-15+. The van der Waals surface area contributed by atoms with Crippen LogP contribution in [0.2, 0.25) is 0 Å². The lowest BCUT2D eigenvalue weighted by Gasteiger charge is -2.19. The number of amides is 1. The SMILES string of the molecule is CCOc1cc(/C=N/Nc2ccc(OC)cc2)ccc1OCC(=O)N(CC)CC. The van der Waals surface area contributed by atoms with Crippen LogP contribution in [0.3, 0.4) is 0 Å². The molecule has 0 aliphatic carbocycles. The van der Waals surface area contributed by atoms with Crippen molar-refractivity contribution in [1.29, 1.82) is 0 Å². The summed E-state index contributed by atoms with van der Waals surface area (Å²) in [6.45, 7) is 7.58. The van der Waals surface area contributed by atoms with E-state index < -0.39 is 0 Å². The van der Waals surface area contributed by atoms with Gasteiger partial charge in [0.25, 0.3) is 5.91 Å². The number of nitrogens with one attached hydrogen (secondary N) is 1. The van der Waals surface area contributed by atoms with Crippen LogP contribution in [0.15, 0.2) is 47.6 Å². The third-order valence-corrected chi connectivity index (χ3v) is 4.23. The molecule has 29 heavy (non-hydrogen) atoms. The first-order valence-electron chi connectivity index (χ1n) is 9.71. The number of carbonyl (C=O) groups is 1. The molecule has 0 aliphatic rings. The molecular formula is C22H29N3O4. The molecule has 156 valence electrons. The molecule has 0 fully saturated rings. The lowest BCUT2D eigenvalue weighted by Crippen LogP contribution is -2.34. The van der Waals surface area contributed by atoms with Gasteiger partial charge in [0.15, 0.2) is 18.1 Å². The molecular weight excluding hydrogens is 370 g/mol.